The van der Waals surface area contributed by atoms with Gasteiger partial charge in [0.15, 0.2) is 5.71 Å². The Bertz CT molecular complexity index is 445. The Balaban J connectivity index is 3.10. The molecule has 0 amide bonds. The van der Waals surface area contributed by atoms with Crippen LogP contribution in [0.4, 0.5) is 18.9 Å². The van der Waals surface area contributed by atoms with Crippen molar-refractivity contribution in [3.05, 3.63) is 40.3 Å². The average Bonchev–Trinajstić information content (AvgIpc) is 2.20. The third-order valence-electron chi connectivity index (χ3n) is 1.67. The van der Waals surface area contributed by atoms with Gasteiger partial charge in [0.05, 0.1) is 0 Å². The first-order valence-electron chi connectivity index (χ1n) is 3.94. The van der Waals surface area contributed by atoms with Crippen LogP contribution in [0.3, 0.4) is 0 Å². The van der Waals surface area contributed by atoms with Crippen LogP contribution in [-0.2, 0) is 0 Å². The molecule has 0 saturated heterocycles. The van der Waals surface area contributed by atoms with Gasteiger partial charge in [0.2, 0.25) is 0 Å². The number of nitrogens with zero attached hydrogens (tertiary/aromatic N) is 4. The first kappa shape index (κ1) is 11.9. The highest BCUT2D eigenvalue weighted by molar-refractivity contribution is 6.04. The van der Waals surface area contributed by atoms with E-state index in [2.05, 4.69) is 15.2 Å². The summed E-state index contributed by atoms with van der Waals surface area (Å²) in [6.45, 7) is 0. The average molecular weight is 230 g/mol. The molecule has 0 heterocycles. The molecule has 0 unspecified atom stereocenters. The molecule has 0 radical (unpaired) electrons. The maximum atomic E-state index is 12.3. The summed E-state index contributed by atoms with van der Waals surface area (Å²) in [5.74, 6) is 0. The van der Waals surface area contributed by atoms with E-state index in [9.17, 15) is 13.2 Å². The maximum absolute atomic E-state index is 12.3. The fraction of sp³-hybridized carbons (Fsp3) is 0.125. The molecule has 0 fully saturated rings. The summed E-state index contributed by atoms with van der Waals surface area (Å²) in [5, 5.41) is 13.7. The lowest BCUT2D eigenvalue weighted by molar-refractivity contribution is -0.0601. The fourth-order valence-electron chi connectivity index (χ4n) is 1.02. The molecule has 1 rings (SSSR count). The van der Waals surface area contributed by atoms with Crippen molar-refractivity contribution in [2.75, 3.05) is 0 Å². The lowest BCUT2D eigenvalue weighted by atomic mass is 10.1. The number of hydrogen-bond acceptors (Lipinski definition) is 3. The van der Waals surface area contributed by atoms with Gasteiger partial charge in [0.1, 0.15) is 0 Å². The van der Waals surface area contributed by atoms with Crippen molar-refractivity contribution in [1.29, 1.82) is 0 Å². The molecule has 1 N–H and O–H groups in total. The predicted molar refractivity (Wildman–Crippen MR) is 49.6 cm³/mol. The predicted octanol–water partition coefficient (Wildman–Crippen LogP) is 3.37. The molecular formula is C8H5F3N4O. The topological polar surface area (TPSA) is 81.4 Å². The molecule has 0 aliphatic carbocycles. The number of halogens is 3. The van der Waals surface area contributed by atoms with E-state index in [-0.39, 0.29) is 11.3 Å². The summed E-state index contributed by atoms with van der Waals surface area (Å²) in [4.78, 5) is 2.47. The highest BCUT2D eigenvalue weighted by atomic mass is 19.4. The lowest BCUT2D eigenvalue weighted by Gasteiger charge is -2.08. The van der Waals surface area contributed by atoms with Gasteiger partial charge in [0, 0.05) is 16.2 Å². The molecular weight excluding hydrogens is 225 g/mol. The van der Waals surface area contributed by atoms with E-state index >= 15 is 0 Å². The Morgan fingerprint density at radius 2 is 1.81 bits per heavy atom. The van der Waals surface area contributed by atoms with E-state index in [1.54, 1.807) is 0 Å². The molecule has 0 aliphatic rings. The lowest BCUT2D eigenvalue weighted by Crippen LogP contribution is -2.23. The number of rotatable bonds is 2. The third kappa shape index (κ3) is 2.64. The molecule has 0 aromatic heterocycles. The van der Waals surface area contributed by atoms with Crippen LogP contribution in [0.2, 0.25) is 0 Å². The van der Waals surface area contributed by atoms with Crippen LogP contribution in [0.25, 0.3) is 10.4 Å². The van der Waals surface area contributed by atoms with Crippen molar-refractivity contribution >= 4 is 11.4 Å². The fourth-order valence-corrected chi connectivity index (χ4v) is 1.02. The van der Waals surface area contributed by atoms with Gasteiger partial charge in [-0.25, -0.2) is 0 Å². The Hall–Kier alpha value is -2.21. The van der Waals surface area contributed by atoms with Crippen LogP contribution >= 0.6 is 0 Å². The first-order chi connectivity index (χ1) is 7.49. The number of alkyl halides is 3. The first-order valence-corrected chi connectivity index (χ1v) is 3.94. The van der Waals surface area contributed by atoms with E-state index in [1.807, 2.05) is 0 Å². The molecule has 16 heavy (non-hydrogen) atoms. The minimum absolute atomic E-state index is 0.172. The summed E-state index contributed by atoms with van der Waals surface area (Å²) in [6.07, 6.45) is -4.74. The maximum Gasteiger partial charge on any atom is 0.437 e. The van der Waals surface area contributed by atoms with Crippen LogP contribution in [0.15, 0.2) is 34.5 Å². The van der Waals surface area contributed by atoms with Gasteiger partial charge in [-0.2, -0.15) is 13.2 Å². The molecule has 0 bridgehead atoms. The second-order valence-electron chi connectivity index (χ2n) is 2.68. The van der Waals surface area contributed by atoms with Crippen molar-refractivity contribution in [2.24, 2.45) is 10.3 Å². The van der Waals surface area contributed by atoms with E-state index in [4.69, 9.17) is 10.7 Å². The van der Waals surface area contributed by atoms with Gasteiger partial charge in [-0.05, 0) is 5.53 Å². The summed E-state index contributed by atoms with van der Waals surface area (Å²) in [5.41, 5.74) is 6.54. The quantitative estimate of drug-likeness (QED) is 0.207. The van der Waals surface area contributed by atoms with Crippen LogP contribution < -0.4 is 0 Å². The Kier molecular flexibility index (Phi) is 3.37. The van der Waals surface area contributed by atoms with Gasteiger partial charge in [0.25, 0.3) is 0 Å². The highest BCUT2D eigenvalue weighted by Gasteiger charge is 2.37. The molecule has 0 aliphatic heterocycles. The van der Waals surface area contributed by atoms with Crippen molar-refractivity contribution in [2.45, 2.75) is 6.18 Å². The van der Waals surface area contributed by atoms with E-state index in [0.717, 1.165) is 12.1 Å². The van der Waals surface area contributed by atoms with Crippen LogP contribution in [0, 0.1) is 0 Å². The minimum Gasteiger partial charge on any atom is -0.410 e. The van der Waals surface area contributed by atoms with Crippen molar-refractivity contribution in [1.82, 2.24) is 0 Å². The van der Waals surface area contributed by atoms with Gasteiger partial charge in [-0.3, -0.25) is 0 Å². The smallest absolute Gasteiger partial charge is 0.410 e. The molecule has 8 heteroatoms. The molecule has 0 atom stereocenters. The van der Waals surface area contributed by atoms with Crippen LogP contribution in [-0.4, -0.2) is 17.1 Å². The van der Waals surface area contributed by atoms with Crippen LogP contribution in [0.5, 0.6) is 0 Å². The van der Waals surface area contributed by atoms with Gasteiger partial charge in [-0.15, -0.1) is 0 Å². The zero-order chi connectivity index (χ0) is 12.2. The SMILES string of the molecule is [N-]=[N+]=Nc1ccc(C(=NO)C(F)(F)F)cc1. The summed E-state index contributed by atoms with van der Waals surface area (Å²) in [6, 6.07) is 4.47. The second kappa shape index (κ2) is 4.54. The molecule has 0 saturated carbocycles. The Morgan fingerprint density at radius 1 is 1.25 bits per heavy atom. The van der Waals surface area contributed by atoms with Crippen molar-refractivity contribution in [3.8, 4) is 0 Å². The van der Waals surface area contributed by atoms with Gasteiger partial charge < -0.3 is 5.21 Å². The molecule has 0 spiro atoms. The summed E-state index contributed by atoms with van der Waals surface area (Å²) < 4.78 is 36.8. The molecule has 1 aromatic rings. The van der Waals surface area contributed by atoms with Gasteiger partial charge >= 0.3 is 6.18 Å². The van der Waals surface area contributed by atoms with Crippen LogP contribution in [0.1, 0.15) is 5.56 Å². The Morgan fingerprint density at radius 3 is 2.19 bits per heavy atom. The summed E-state index contributed by atoms with van der Waals surface area (Å²) >= 11 is 0. The second-order valence-corrected chi connectivity index (χ2v) is 2.68. The number of oxime groups is 1. The molecule has 1 aromatic carbocycles. The van der Waals surface area contributed by atoms with Gasteiger partial charge in [-0.1, -0.05) is 34.5 Å². The molecule has 5 nitrogen and oxygen atoms in total. The monoisotopic (exact) mass is 230 g/mol. The summed E-state index contributed by atoms with van der Waals surface area (Å²) in [7, 11) is 0. The van der Waals surface area contributed by atoms with E-state index in [1.165, 1.54) is 12.1 Å². The molecule has 84 valence electrons. The Labute approximate surface area is 87.4 Å². The third-order valence-corrected chi connectivity index (χ3v) is 1.67. The standard InChI is InChI=1S/C8H5F3N4O/c9-8(10,11)7(14-16)5-1-3-6(4-2-5)13-15-12/h1-4,16H. The van der Waals surface area contributed by atoms with Crippen molar-refractivity contribution in [3.63, 3.8) is 0 Å². The number of benzene rings is 1. The van der Waals surface area contributed by atoms with E-state index < -0.39 is 11.9 Å². The van der Waals surface area contributed by atoms with Crippen molar-refractivity contribution < 1.29 is 18.4 Å². The zero-order valence-corrected chi connectivity index (χ0v) is 7.68. The normalized spacial score (nSPS) is 12.1. The minimum atomic E-state index is -4.74. The highest BCUT2D eigenvalue weighted by Crippen LogP contribution is 2.23. The van der Waals surface area contributed by atoms with E-state index in [0.29, 0.717) is 0 Å². The zero-order valence-electron chi connectivity index (χ0n) is 7.68. The number of azide groups is 1. The largest absolute Gasteiger partial charge is 0.437 e. The number of hydrogen-bond donors (Lipinski definition) is 1.